The van der Waals surface area contributed by atoms with Crippen LogP contribution in [-0.4, -0.2) is 6.67 Å². The van der Waals surface area contributed by atoms with Crippen molar-refractivity contribution in [3.05, 3.63) is 81.9 Å². The number of hydrogen-bond acceptors (Lipinski definition) is 2. The maximum atomic E-state index is 3.61. The van der Waals surface area contributed by atoms with Crippen molar-refractivity contribution in [2.45, 2.75) is 25.4 Å². The average Bonchev–Trinajstić information content (AvgIpc) is 2.62. The number of rotatable bonds is 1. The van der Waals surface area contributed by atoms with Crippen LogP contribution in [0, 0.1) is 0 Å². The molecule has 0 saturated carbocycles. The molecule has 3 heteroatoms. The predicted octanol–water partition coefficient (Wildman–Crippen LogP) is 5.35. The third kappa shape index (κ3) is 2.30. The summed E-state index contributed by atoms with van der Waals surface area (Å²) in [5.41, 5.74) is 7.08. The zero-order valence-electron chi connectivity index (χ0n) is 13.5. The SMILES string of the molecule is Brc1ccc2c(c1)CN1CN2Cc2cc(C3C=CC=CC3)ccc21. The lowest BCUT2D eigenvalue weighted by Gasteiger charge is -2.45. The second-order valence-corrected chi connectivity index (χ2v) is 7.77. The maximum Gasteiger partial charge on any atom is 0.0910 e. The molecule has 2 aliphatic heterocycles. The molecule has 1 aliphatic carbocycles. The molecule has 0 aromatic heterocycles. The van der Waals surface area contributed by atoms with Crippen LogP contribution >= 0.6 is 15.9 Å². The third-order valence-electron chi connectivity index (χ3n) is 5.30. The normalized spacial score (nSPS) is 20.8. The Hall–Kier alpha value is -2.00. The number of hydrogen-bond donors (Lipinski definition) is 0. The van der Waals surface area contributed by atoms with Gasteiger partial charge in [-0.2, -0.15) is 0 Å². The smallest absolute Gasteiger partial charge is 0.0910 e. The van der Waals surface area contributed by atoms with Crippen molar-refractivity contribution >= 4 is 27.3 Å². The quantitative estimate of drug-likeness (QED) is 0.659. The minimum absolute atomic E-state index is 0.523. The molecular formula is C21H19BrN2. The topological polar surface area (TPSA) is 6.48 Å². The third-order valence-corrected chi connectivity index (χ3v) is 5.79. The molecule has 2 nitrogen and oxygen atoms in total. The van der Waals surface area contributed by atoms with E-state index >= 15 is 0 Å². The fraction of sp³-hybridized carbons (Fsp3) is 0.238. The first-order valence-electron chi connectivity index (χ1n) is 8.52. The van der Waals surface area contributed by atoms with Gasteiger partial charge in [0.05, 0.1) is 6.67 Å². The number of allylic oxidation sites excluding steroid dienone is 4. The molecule has 2 heterocycles. The molecule has 2 aromatic carbocycles. The van der Waals surface area contributed by atoms with Crippen LogP contribution in [0.4, 0.5) is 11.4 Å². The van der Waals surface area contributed by atoms with E-state index in [0.29, 0.717) is 5.92 Å². The van der Waals surface area contributed by atoms with Gasteiger partial charge in [0, 0.05) is 34.9 Å². The van der Waals surface area contributed by atoms with Gasteiger partial charge in [0.25, 0.3) is 0 Å². The summed E-state index contributed by atoms with van der Waals surface area (Å²) in [6.45, 7) is 2.98. The van der Waals surface area contributed by atoms with E-state index in [-0.39, 0.29) is 0 Å². The van der Waals surface area contributed by atoms with Gasteiger partial charge in [0.15, 0.2) is 0 Å². The molecule has 0 saturated heterocycles. The van der Waals surface area contributed by atoms with Crippen LogP contribution in [0.25, 0.3) is 0 Å². The molecule has 0 radical (unpaired) electrons. The van der Waals surface area contributed by atoms with Crippen LogP contribution in [0.15, 0.2) is 65.2 Å². The monoisotopic (exact) mass is 378 g/mol. The van der Waals surface area contributed by atoms with Crippen molar-refractivity contribution in [1.29, 1.82) is 0 Å². The highest BCUT2D eigenvalue weighted by Gasteiger charge is 2.29. The summed E-state index contributed by atoms with van der Waals surface area (Å²) in [4.78, 5) is 4.99. The summed E-state index contributed by atoms with van der Waals surface area (Å²) in [5.74, 6) is 0.523. The van der Waals surface area contributed by atoms with E-state index in [1.807, 2.05) is 0 Å². The number of nitrogens with zero attached hydrogens (tertiary/aromatic N) is 2. The highest BCUT2D eigenvalue weighted by Crippen LogP contribution is 2.40. The summed E-state index contributed by atoms with van der Waals surface area (Å²) >= 11 is 3.61. The van der Waals surface area contributed by atoms with Gasteiger partial charge >= 0.3 is 0 Å². The summed E-state index contributed by atoms with van der Waals surface area (Å²) in [5, 5.41) is 0. The largest absolute Gasteiger partial charge is 0.349 e. The van der Waals surface area contributed by atoms with Crippen LogP contribution in [0.3, 0.4) is 0 Å². The summed E-state index contributed by atoms with van der Waals surface area (Å²) in [6.07, 6.45) is 10.0. The number of anilines is 2. The van der Waals surface area contributed by atoms with E-state index < -0.39 is 0 Å². The molecule has 1 unspecified atom stereocenters. The Balaban J connectivity index is 1.52. The molecule has 2 aromatic rings. The van der Waals surface area contributed by atoms with Crippen molar-refractivity contribution < 1.29 is 0 Å². The van der Waals surface area contributed by atoms with Crippen molar-refractivity contribution in [1.82, 2.24) is 0 Å². The number of fused-ring (bicyclic) bond motifs is 6. The molecule has 0 spiro atoms. The molecule has 5 rings (SSSR count). The Morgan fingerprint density at radius 3 is 2.38 bits per heavy atom. The first-order chi connectivity index (χ1) is 11.8. The molecule has 2 bridgehead atoms. The van der Waals surface area contributed by atoms with Crippen LogP contribution in [-0.2, 0) is 13.1 Å². The molecule has 3 aliphatic rings. The number of benzene rings is 2. The Labute approximate surface area is 151 Å². The van der Waals surface area contributed by atoms with Gasteiger partial charge in [0.2, 0.25) is 0 Å². The first-order valence-corrected chi connectivity index (χ1v) is 9.32. The summed E-state index contributed by atoms with van der Waals surface area (Å²) in [6, 6.07) is 13.7. The van der Waals surface area contributed by atoms with Gasteiger partial charge in [-0.3, -0.25) is 0 Å². The highest BCUT2D eigenvalue weighted by atomic mass is 79.9. The van der Waals surface area contributed by atoms with Crippen LogP contribution < -0.4 is 9.80 Å². The molecular weight excluding hydrogens is 360 g/mol. The average molecular weight is 379 g/mol. The second-order valence-electron chi connectivity index (χ2n) is 6.85. The standard InChI is InChI=1S/C21H19BrN2/c22-19-7-9-21-18(11-19)13-24-14-23(21)12-17-10-16(6-8-20(17)24)15-4-2-1-3-5-15/h1-4,6-11,15H,5,12-14H2. The highest BCUT2D eigenvalue weighted by molar-refractivity contribution is 9.10. The van der Waals surface area contributed by atoms with Gasteiger partial charge in [-0.25, -0.2) is 0 Å². The Morgan fingerprint density at radius 1 is 0.875 bits per heavy atom. The lowest BCUT2D eigenvalue weighted by atomic mass is 9.90. The van der Waals surface area contributed by atoms with Crippen LogP contribution in [0.1, 0.15) is 29.0 Å². The van der Waals surface area contributed by atoms with Gasteiger partial charge < -0.3 is 9.80 Å². The Morgan fingerprint density at radius 2 is 1.62 bits per heavy atom. The molecule has 0 N–H and O–H groups in total. The van der Waals surface area contributed by atoms with E-state index in [4.69, 9.17) is 0 Å². The summed E-state index contributed by atoms with van der Waals surface area (Å²) in [7, 11) is 0. The Kier molecular flexibility index (Phi) is 3.30. The van der Waals surface area contributed by atoms with Gasteiger partial charge in [-0.1, -0.05) is 52.4 Å². The van der Waals surface area contributed by atoms with Crippen molar-refractivity contribution in [3.63, 3.8) is 0 Å². The minimum atomic E-state index is 0.523. The van der Waals surface area contributed by atoms with E-state index in [0.717, 1.165) is 30.7 Å². The first kappa shape index (κ1) is 14.4. The second kappa shape index (κ2) is 5.52. The molecule has 1 atom stereocenters. The molecule has 24 heavy (non-hydrogen) atoms. The van der Waals surface area contributed by atoms with Gasteiger partial charge in [-0.05, 0) is 47.4 Å². The van der Waals surface area contributed by atoms with Crippen molar-refractivity contribution in [2.24, 2.45) is 0 Å². The minimum Gasteiger partial charge on any atom is -0.349 e. The lowest BCUT2D eigenvalue weighted by Crippen LogP contribution is -2.46. The van der Waals surface area contributed by atoms with E-state index in [2.05, 4.69) is 86.4 Å². The Bertz CT molecular complexity index is 868. The fourth-order valence-electron chi connectivity index (χ4n) is 4.13. The van der Waals surface area contributed by atoms with Gasteiger partial charge in [-0.15, -0.1) is 0 Å². The molecule has 120 valence electrons. The van der Waals surface area contributed by atoms with Gasteiger partial charge in [0.1, 0.15) is 0 Å². The fourth-order valence-corrected chi connectivity index (χ4v) is 4.54. The van der Waals surface area contributed by atoms with Crippen LogP contribution in [0.2, 0.25) is 0 Å². The molecule has 0 amide bonds. The van der Waals surface area contributed by atoms with Crippen LogP contribution in [0.5, 0.6) is 0 Å². The maximum absolute atomic E-state index is 3.61. The van der Waals surface area contributed by atoms with E-state index in [9.17, 15) is 0 Å². The number of halogens is 1. The zero-order chi connectivity index (χ0) is 16.1. The predicted molar refractivity (Wildman–Crippen MR) is 103 cm³/mol. The summed E-state index contributed by atoms with van der Waals surface area (Å²) < 4.78 is 1.16. The van der Waals surface area contributed by atoms with E-state index in [1.54, 1.807) is 0 Å². The van der Waals surface area contributed by atoms with Crippen molar-refractivity contribution in [2.75, 3.05) is 16.5 Å². The van der Waals surface area contributed by atoms with Crippen molar-refractivity contribution in [3.8, 4) is 0 Å². The molecule has 0 fully saturated rings. The van der Waals surface area contributed by atoms with E-state index in [1.165, 1.54) is 28.1 Å². The zero-order valence-corrected chi connectivity index (χ0v) is 15.0. The lowest BCUT2D eigenvalue weighted by molar-refractivity contribution is 0.649.